The number of carbonyl (C=O) groups is 1. The molecule has 6 heteroatoms. The van der Waals surface area contributed by atoms with Gasteiger partial charge in [0, 0.05) is 13.2 Å². The van der Waals surface area contributed by atoms with Crippen molar-refractivity contribution in [3.05, 3.63) is 41.7 Å². The molecule has 0 aliphatic heterocycles. The lowest BCUT2D eigenvalue weighted by molar-refractivity contribution is 0.0958. The SMILES string of the molecule is CNC(=O)c1cn(-c2cc(F)cc(P)c2)c(C)n1. The van der Waals surface area contributed by atoms with Crippen molar-refractivity contribution in [2.45, 2.75) is 6.92 Å². The average Bonchev–Trinajstić information content (AvgIpc) is 2.69. The zero-order chi connectivity index (χ0) is 13.3. The van der Waals surface area contributed by atoms with Gasteiger partial charge in [-0.25, -0.2) is 9.37 Å². The summed E-state index contributed by atoms with van der Waals surface area (Å²) in [5.41, 5.74) is 0.949. The number of nitrogens with one attached hydrogen (secondary N) is 1. The minimum Gasteiger partial charge on any atom is -0.354 e. The molecule has 2 rings (SSSR count). The Balaban J connectivity index is 2.50. The first-order valence-electron chi connectivity index (χ1n) is 5.36. The number of hydrogen-bond acceptors (Lipinski definition) is 2. The molecule has 0 aliphatic carbocycles. The molecule has 4 nitrogen and oxygen atoms in total. The number of halogens is 1. The van der Waals surface area contributed by atoms with E-state index < -0.39 is 0 Å². The van der Waals surface area contributed by atoms with Crippen molar-refractivity contribution in [3.8, 4) is 5.69 Å². The van der Waals surface area contributed by atoms with Crippen LogP contribution in [0.2, 0.25) is 0 Å². The highest BCUT2D eigenvalue weighted by molar-refractivity contribution is 7.27. The monoisotopic (exact) mass is 265 g/mol. The lowest BCUT2D eigenvalue weighted by Gasteiger charge is -2.05. The van der Waals surface area contributed by atoms with Gasteiger partial charge in [0.25, 0.3) is 5.91 Å². The Bertz CT molecular complexity index is 589. The van der Waals surface area contributed by atoms with E-state index in [0.29, 0.717) is 17.2 Å². The highest BCUT2D eigenvalue weighted by Crippen LogP contribution is 2.14. The maximum atomic E-state index is 13.4. The van der Waals surface area contributed by atoms with E-state index in [2.05, 4.69) is 19.5 Å². The van der Waals surface area contributed by atoms with Gasteiger partial charge in [-0.1, -0.05) is 0 Å². The van der Waals surface area contributed by atoms with Crippen molar-refractivity contribution < 1.29 is 9.18 Å². The molecule has 18 heavy (non-hydrogen) atoms. The van der Waals surface area contributed by atoms with E-state index in [-0.39, 0.29) is 11.7 Å². The molecule has 0 saturated heterocycles. The van der Waals surface area contributed by atoms with Crippen LogP contribution in [0.5, 0.6) is 0 Å². The van der Waals surface area contributed by atoms with Crippen molar-refractivity contribution in [2.24, 2.45) is 0 Å². The number of imidazole rings is 1. The van der Waals surface area contributed by atoms with Crippen LogP contribution in [0, 0.1) is 12.7 Å². The van der Waals surface area contributed by atoms with Gasteiger partial charge >= 0.3 is 0 Å². The minimum atomic E-state index is -0.327. The average molecular weight is 265 g/mol. The number of carbonyl (C=O) groups excluding carboxylic acids is 1. The fourth-order valence-electron chi connectivity index (χ4n) is 1.71. The Hall–Kier alpha value is -1.74. The smallest absolute Gasteiger partial charge is 0.271 e. The normalized spacial score (nSPS) is 10.4. The second-order valence-corrected chi connectivity index (χ2v) is 4.53. The summed E-state index contributed by atoms with van der Waals surface area (Å²) >= 11 is 0. The first-order valence-corrected chi connectivity index (χ1v) is 5.93. The number of amides is 1. The van der Waals surface area contributed by atoms with Crippen LogP contribution in [-0.4, -0.2) is 22.5 Å². The number of benzene rings is 1. The summed E-state index contributed by atoms with van der Waals surface area (Å²) in [5, 5.41) is 3.24. The van der Waals surface area contributed by atoms with Gasteiger partial charge in [0.2, 0.25) is 0 Å². The second kappa shape index (κ2) is 4.86. The fraction of sp³-hybridized carbons (Fsp3) is 0.167. The fourth-order valence-corrected chi connectivity index (χ4v) is 2.04. The zero-order valence-corrected chi connectivity index (χ0v) is 11.2. The highest BCUT2D eigenvalue weighted by Gasteiger charge is 2.12. The predicted octanol–water partition coefficient (Wildman–Crippen LogP) is 1.18. The summed E-state index contributed by atoms with van der Waals surface area (Å²) in [6.45, 7) is 1.76. The van der Waals surface area contributed by atoms with Crippen molar-refractivity contribution in [1.29, 1.82) is 0 Å². The van der Waals surface area contributed by atoms with Crippen LogP contribution in [0.4, 0.5) is 4.39 Å². The largest absolute Gasteiger partial charge is 0.354 e. The van der Waals surface area contributed by atoms with Gasteiger partial charge in [0.15, 0.2) is 0 Å². The number of aromatic nitrogens is 2. The number of aryl methyl sites for hydroxylation is 1. The van der Waals surface area contributed by atoms with Crippen molar-refractivity contribution in [3.63, 3.8) is 0 Å². The quantitative estimate of drug-likeness (QED) is 0.829. The van der Waals surface area contributed by atoms with Gasteiger partial charge in [0.05, 0.1) is 5.69 Å². The Morgan fingerprint density at radius 3 is 2.78 bits per heavy atom. The van der Waals surface area contributed by atoms with Crippen LogP contribution in [-0.2, 0) is 0 Å². The Morgan fingerprint density at radius 2 is 2.17 bits per heavy atom. The summed E-state index contributed by atoms with van der Waals surface area (Å²) in [6, 6.07) is 4.62. The molecule has 94 valence electrons. The maximum Gasteiger partial charge on any atom is 0.271 e. The topological polar surface area (TPSA) is 46.9 Å². The molecular formula is C12H13FN3OP. The van der Waals surface area contributed by atoms with Gasteiger partial charge in [-0.15, -0.1) is 9.24 Å². The van der Waals surface area contributed by atoms with E-state index in [1.165, 1.54) is 12.1 Å². The van der Waals surface area contributed by atoms with E-state index in [4.69, 9.17) is 0 Å². The van der Waals surface area contributed by atoms with Crippen molar-refractivity contribution >= 4 is 20.5 Å². The zero-order valence-electron chi connectivity index (χ0n) is 10.1. The molecule has 1 heterocycles. The third-order valence-corrected chi connectivity index (χ3v) is 2.86. The molecule has 0 fully saturated rings. The molecular weight excluding hydrogens is 252 g/mol. The van der Waals surface area contributed by atoms with Gasteiger partial charge in [-0.05, 0) is 30.4 Å². The summed E-state index contributed by atoms with van der Waals surface area (Å²) in [4.78, 5) is 15.6. The van der Waals surface area contributed by atoms with E-state index in [1.54, 1.807) is 30.8 Å². The molecule has 0 spiro atoms. The maximum absolute atomic E-state index is 13.4. The van der Waals surface area contributed by atoms with Crippen LogP contribution < -0.4 is 10.6 Å². The molecule has 1 unspecified atom stereocenters. The van der Waals surface area contributed by atoms with Crippen LogP contribution in [0.3, 0.4) is 0 Å². The van der Waals surface area contributed by atoms with Gasteiger partial charge in [-0.3, -0.25) is 4.79 Å². The van der Waals surface area contributed by atoms with Crippen LogP contribution in [0.15, 0.2) is 24.4 Å². The Morgan fingerprint density at radius 1 is 1.44 bits per heavy atom. The van der Waals surface area contributed by atoms with Crippen LogP contribution >= 0.6 is 9.24 Å². The molecule has 1 aromatic carbocycles. The highest BCUT2D eigenvalue weighted by atomic mass is 31.0. The van der Waals surface area contributed by atoms with Crippen molar-refractivity contribution in [1.82, 2.24) is 14.9 Å². The van der Waals surface area contributed by atoms with Crippen LogP contribution in [0.25, 0.3) is 5.69 Å². The third-order valence-electron chi connectivity index (χ3n) is 2.53. The Kier molecular flexibility index (Phi) is 3.43. The van der Waals surface area contributed by atoms with E-state index in [0.717, 1.165) is 5.30 Å². The summed E-state index contributed by atoms with van der Waals surface area (Å²) < 4.78 is 15.0. The number of hydrogen-bond donors (Lipinski definition) is 1. The number of nitrogens with zero attached hydrogens (tertiary/aromatic N) is 2. The second-order valence-electron chi connectivity index (χ2n) is 3.87. The molecule has 2 aromatic rings. The van der Waals surface area contributed by atoms with Gasteiger partial charge in [0.1, 0.15) is 17.3 Å². The summed E-state index contributed by atoms with van der Waals surface area (Å²) in [7, 11) is 3.99. The van der Waals surface area contributed by atoms with E-state index in [9.17, 15) is 9.18 Å². The number of rotatable bonds is 2. The molecule has 1 atom stereocenters. The van der Waals surface area contributed by atoms with E-state index >= 15 is 0 Å². The van der Waals surface area contributed by atoms with Crippen LogP contribution in [0.1, 0.15) is 16.3 Å². The van der Waals surface area contributed by atoms with E-state index in [1.807, 2.05) is 0 Å². The minimum absolute atomic E-state index is 0.264. The first kappa shape index (κ1) is 12.7. The molecule has 1 aromatic heterocycles. The molecule has 0 bridgehead atoms. The summed E-state index contributed by atoms with van der Waals surface area (Å²) in [5.74, 6) is 0.0371. The standard InChI is InChI=1S/C12H13FN3OP/c1-7-15-11(12(17)14-2)6-16(7)9-3-8(13)4-10(18)5-9/h3-6H,18H2,1-2H3,(H,14,17). The molecule has 0 saturated carbocycles. The predicted molar refractivity (Wildman–Crippen MR) is 71.0 cm³/mol. The lowest BCUT2D eigenvalue weighted by Crippen LogP contribution is -2.18. The third kappa shape index (κ3) is 2.41. The molecule has 0 radical (unpaired) electrons. The molecule has 1 amide bonds. The summed E-state index contributed by atoms with van der Waals surface area (Å²) in [6.07, 6.45) is 1.59. The van der Waals surface area contributed by atoms with Gasteiger partial charge < -0.3 is 9.88 Å². The Labute approximate surface area is 106 Å². The lowest BCUT2D eigenvalue weighted by atomic mass is 10.3. The molecule has 0 aliphatic rings. The van der Waals surface area contributed by atoms with Gasteiger partial charge in [-0.2, -0.15) is 0 Å². The molecule has 1 N–H and O–H groups in total. The van der Waals surface area contributed by atoms with Crippen molar-refractivity contribution in [2.75, 3.05) is 7.05 Å². The first-order chi connectivity index (χ1) is 8.51.